The second-order valence-electron chi connectivity index (χ2n) is 9.97. The maximum atomic E-state index is 14.7. The zero-order chi connectivity index (χ0) is 27.4. The monoisotopic (exact) mass is 538 g/mol. The average molecular weight is 539 g/mol. The summed E-state index contributed by atoms with van der Waals surface area (Å²) < 4.78 is 103. The molecule has 1 aliphatic rings. The molecule has 0 N–H and O–H groups in total. The van der Waals surface area contributed by atoms with Gasteiger partial charge in [0.05, 0.1) is 0 Å². The minimum absolute atomic E-state index is 0.0467. The number of hydrogen-bond acceptors (Lipinski definition) is 1. The minimum atomic E-state index is -4.62. The summed E-state index contributed by atoms with van der Waals surface area (Å²) in [5.74, 6) is -8.61. The van der Waals surface area contributed by atoms with Gasteiger partial charge in [-0.05, 0) is 59.9 Å². The molecule has 3 aromatic rings. The van der Waals surface area contributed by atoms with Crippen molar-refractivity contribution in [2.45, 2.75) is 70.3 Å². The van der Waals surface area contributed by atoms with Gasteiger partial charge in [0, 0.05) is 12.1 Å². The van der Waals surface area contributed by atoms with Crippen molar-refractivity contribution in [2.75, 3.05) is 0 Å². The summed E-state index contributed by atoms with van der Waals surface area (Å²) in [6, 6.07) is 9.07. The Morgan fingerprint density at radius 3 is 2.00 bits per heavy atom. The molecule has 1 aliphatic carbocycles. The van der Waals surface area contributed by atoms with Crippen molar-refractivity contribution in [3.63, 3.8) is 0 Å². The fourth-order valence-electron chi connectivity index (χ4n) is 5.25. The molecule has 2 atom stereocenters. The van der Waals surface area contributed by atoms with Crippen molar-refractivity contribution in [2.24, 2.45) is 5.92 Å². The van der Waals surface area contributed by atoms with Gasteiger partial charge in [-0.1, -0.05) is 63.3 Å². The first-order chi connectivity index (χ1) is 18.1. The Balaban J connectivity index is 1.51. The molecule has 3 aromatic carbocycles. The van der Waals surface area contributed by atoms with Crippen LogP contribution in [0.1, 0.15) is 75.3 Å². The van der Waals surface area contributed by atoms with Crippen molar-refractivity contribution in [1.82, 2.24) is 0 Å². The van der Waals surface area contributed by atoms with Crippen molar-refractivity contribution in [3.8, 4) is 16.9 Å². The summed E-state index contributed by atoms with van der Waals surface area (Å²) in [6.07, 6.45) is 4.82. The molecule has 8 heteroatoms. The lowest BCUT2D eigenvalue weighted by atomic mass is 9.89. The first-order valence-electron chi connectivity index (χ1n) is 12.9. The Bertz CT molecular complexity index is 1210. The maximum absolute atomic E-state index is 14.7. The zero-order valence-corrected chi connectivity index (χ0v) is 21.0. The van der Waals surface area contributed by atoms with Crippen LogP contribution in [0.4, 0.5) is 30.7 Å². The molecule has 1 fully saturated rings. The molecule has 0 aliphatic heterocycles. The van der Waals surface area contributed by atoms with Crippen LogP contribution in [0.2, 0.25) is 0 Å². The summed E-state index contributed by atoms with van der Waals surface area (Å²) >= 11 is 0. The van der Waals surface area contributed by atoms with Gasteiger partial charge >= 0.3 is 6.11 Å². The molecule has 0 aromatic heterocycles. The molecule has 0 amide bonds. The minimum Gasteiger partial charge on any atom is -0.429 e. The van der Waals surface area contributed by atoms with Crippen LogP contribution in [-0.2, 0) is 6.11 Å². The van der Waals surface area contributed by atoms with E-state index in [1.165, 1.54) is 32.1 Å². The maximum Gasteiger partial charge on any atom is 0.432 e. The number of alkyl halides is 2. The van der Waals surface area contributed by atoms with Crippen LogP contribution in [0.3, 0.4) is 0 Å². The van der Waals surface area contributed by atoms with E-state index in [2.05, 4.69) is 11.7 Å². The zero-order valence-electron chi connectivity index (χ0n) is 21.0. The van der Waals surface area contributed by atoms with Gasteiger partial charge in [0.1, 0.15) is 22.9 Å². The second kappa shape index (κ2) is 11.8. The summed E-state index contributed by atoms with van der Waals surface area (Å²) in [6.45, 7) is 2.20. The standard InChI is InChI=1S/C30H29F7O/c1-2-3-5-18-6-4-7-19(9-8-18)20-10-12-21(13-11-20)22-14-24(31)28(25(32)15-22)30(36,37)38-23-16-26(33)29(35)27(34)17-23/h10-19H,2-9H2,1H3. The van der Waals surface area contributed by atoms with E-state index in [1.807, 2.05) is 12.1 Å². The highest BCUT2D eigenvalue weighted by atomic mass is 19.3. The van der Waals surface area contributed by atoms with Crippen molar-refractivity contribution in [3.05, 3.63) is 88.7 Å². The molecule has 1 saturated carbocycles. The summed E-state index contributed by atoms with van der Waals surface area (Å²) in [7, 11) is 0. The third kappa shape index (κ3) is 6.33. The van der Waals surface area contributed by atoms with E-state index in [4.69, 9.17) is 0 Å². The molecule has 0 bridgehead atoms. The number of halogens is 7. The van der Waals surface area contributed by atoms with E-state index in [9.17, 15) is 30.7 Å². The normalized spacial score (nSPS) is 18.3. The summed E-state index contributed by atoms with van der Waals surface area (Å²) in [5, 5.41) is 0. The highest BCUT2D eigenvalue weighted by Crippen LogP contribution is 2.39. The van der Waals surface area contributed by atoms with Gasteiger partial charge in [-0.2, -0.15) is 8.78 Å². The predicted octanol–water partition coefficient (Wildman–Crippen LogP) is 10.0. The number of ether oxygens (including phenoxy) is 1. The van der Waals surface area contributed by atoms with E-state index in [1.54, 1.807) is 12.1 Å². The van der Waals surface area contributed by atoms with Crippen LogP contribution < -0.4 is 4.74 Å². The molecule has 204 valence electrons. The van der Waals surface area contributed by atoms with Gasteiger partial charge in [-0.15, -0.1) is 0 Å². The molecule has 2 unspecified atom stereocenters. The predicted molar refractivity (Wildman–Crippen MR) is 131 cm³/mol. The largest absolute Gasteiger partial charge is 0.432 e. The molecular formula is C30H29F7O. The molecule has 0 heterocycles. The fourth-order valence-corrected chi connectivity index (χ4v) is 5.25. The Morgan fingerprint density at radius 2 is 1.39 bits per heavy atom. The lowest BCUT2D eigenvalue weighted by Crippen LogP contribution is -2.25. The van der Waals surface area contributed by atoms with Crippen LogP contribution in [0.5, 0.6) is 5.75 Å². The Kier molecular flexibility index (Phi) is 8.68. The van der Waals surface area contributed by atoms with E-state index in [0.29, 0.717) is 11.5 Å². The van der Waals surface area contributed by atoms with Gasteiger partial charge in [0.25, 0.3) is 0 Å². The molecule has 4 rings (SSSR count). The van der Waals surface area contributed by atoms with Gasteiger partial charge < -0.3 is 4.74 Å². The number of rotatable bonds is 8. The average Bonchev–Trinajstić information content (AvgIpc) is 3.11. The molecule has 0 radical (unpaired) electrons. The smallest absolute Gasteiger partial charge is 0.429 e. The van der Waals surface area contributed by atoms with Gasteiger partial charge in [-0.25, -0.2) is 22.0 Å². The Labute approximate surface area is 217 Å². The highest BCUT2D eigenvalue weighted by Gasteiger charge is 2.41. The number of unbranched alkanes of at least 4 members (excludes halogenated alkanes) is 1. The van der Waals surface area contributed by atoms with Gasteiger partial charge in [0.2, 0.25) is 0 Å². The quantitative estimate of drug-likeness (QED) is 0.158. The third-order valence-electron chi connectivity index (χ3n) is 7.31. The lowest BCUT2D eigenvalue weighted by Gasteiger charge is -2.20. The van der Waals surface area contributed by atoms with Gasteiger partial charge in [0.15, 0.2) is 17.5 Å². The molecule has 0 spiro atoms. The highest BCUT2D eigenvalue weighted by molar-refractivity contribution is 5.64. The molecule has 1 nitrogen and oxygen atoms in total. The SMILES string of the molecule is CCCCC1CCCC(c2ccc(-c3cc(F)c(C(F)(F)Oc4cc(F)c(F)c(F)c4)c(F)c3)cc2)CC1. The van der Waals surface area contributed by atoms with Crippen molar-refractivity contribution < 1.29 is 35.5 Å². The number of hydrogen-bond donors (Lipinski definition) is 0. The van der Waals surface area contributed by atoms with Crippen LogP contribution in [-0.4, -0.2) is 0 Å². The van der Waals surface area contributed by atoms with Crippen LogP contribution in [0.25, 0.3) is 11.1 Å². The first-order valence-corrected chi connectivity index (χ1v) is 12.9. The Morgan fingerprint density at radius 1 is 0.763 bits per heavy atom. The van der Waals surface area contributed by atoms with Crippen LogP contribution in [0, 0.1) is 35.0 Å². The topological polar surface area (TPSA) is 9.23 Å². The van der Waals surface area contributed by atoms with Gasteiger partial charge in [-0.3, -0.25) is 0 Å². The Hall–Kier alpha value is -3.03. The third-order valence-corrected chi connectivity index (χ3v) is 7.31. The first kappa shape index (κ1) is 28.0. The molecule has 38 heavy (non-hydrogen) atoms. The van der Waals surface area contributed by atoms with E-state index in [0.717, 1.165) is 42.9 Å². The summed E-state index contributed by atoms with van der Waals surface area (Å²) in [5.41, 5.74) is -0.0924. The van der Waals surface area contributed by atoms with Crippen LogP contribution in [0.15, 0.2) is 48.5 Å². The lowest BCUT2D eigenvalue weighted by molar-refractivity contribution is -0.189. The van der Waals surface area contributed by atoms with Crippen molar-refractivity contribution >= 4 is 0 Å². The second-order valence-corrected chi connectivity index (χ2v) is 9.97. The number of benzene rings is 3. The van der Waals surface area contributed by atoms with E-state index >= 15 is 0 Å². The van der Waals surface area contributed by atoms with Crippen LogP contribution >= 0.6 is 0 Å². The summed E-state index contributed by atoms with van der Waals surface area (Å²) in [4.78, 5) is 0. The van der Waals surface area contributed by atoms with E-state index in [-0.39, 0.29) is 17.7 Å². The van der Waals surface area contributed by atoms with Crippen molar-refractivity contribution in [1.29, 1.82) is 0 Å². The molecule has 0 saturated heterocycles. The molecular weight excluding hydrogens is 509 g/mol. The van der Waals surface area contributed by atoms with E-state index < -0.39 is 46.5 Å². The fraction of sp³-hybridized carbons (Fsp3) is 0.400.